The Morgan fingerprint density at radius 3 is 1.58 bits per heavy atom. The van der Waals surface area contributed by atoms with Crippen molar-refractivity contribution < 1.29 is 19.1 Å². The van der Waals surface area contributed by atoms with Crippen LogP contribution in [-0.4, -0.2) is 64.8 Å². The number of carbonyl (C=O) groups excluding carboxylic acids is 3. The third-order valence-electron chi connectivity index (χ3n) is 10.8. The van der Waals surface area contributed by atoms with E-state index < -0.39 is 0 Å². The minimum absolute atomic E-state index is 0.000461. The van der Waals surface area contributed by atoms with E-state index in [1.165, 1.54) is 38.5 Å². The standard InChI is InChI=1S/C18H31NO.C14H21NO2.C11H23NO/c1-12(2)16(20)19(13(3)4)18-9-14-6-15(10-18)8-17(5,7-14)11-18;1-10(2)14(16)15(11(3)4)12-6-8-13(17-5)9-7-12;1-6-7-8-12(10(4)5)11(13)9(2)3/h12-15H,6-11H2,1-5H3;6-11H,1-5H3;9-10H,6-8H2,1-5H3. The molecule has 0 aromatic heterocycles. The van der Waals surface area contributed by atoms with Crippen molar-refractivity contribution >= 4 is 23.4 Å². The van der Waals surface area contributed by atoms with Crippen molar-refractivity contribution in [1.82, 2.24) is 9.80 Å². The number of rotatable bonds is 12. The highest BCUT2D eigenvalue weighted by atomic mass is 16.5. The van der Waals surface area contributed by atoms with Crippen LogP contribution < -0.4 is 9.64 Å². The normalized spacial score (nSPS) is 23.5. The second-order valence-corrected chi connectivity index (χ2v) is 17.7. The van der Waals surface area contributed by atoms with E-state index in [1.807, 2.05) is 75.6 Å². The maximum atomic E-state index is 12.8. The van der Waals surface area contributed by atoms with E-state index in [9.17, 15) is 14.4 Å². The molecule has 0 radical (unpaired) electrons. The van der Waals surface area contributed by atoms with Crippen molar-refractivity contribution in [1.29, 1.82) is 0 Å². The molecule has 50 heavy (non-hydrogen) atoms. The van der Waals surface area contributed by atoms with Gasteiger partial charge in [0.1, 0.15) is 5.75 Å². The van der Waals surface area contributed by atoms with Gasteiger partial charge in [0.05, 0.1) is 7.11 Å². The number of methoxy groups -OCH3 is 1. The molecule has 0 saturated heterocycles. The number of carbonyl (C=O) groups is 3. The van der Waals surface area contributed by atoms with Crippen LogP contribution >= 0.6 is 0 Å². The summed E-state index contributed by atoms with van der Waals surface area (Å²) in [5.41, 5.74) is 1.61. The minimum Gasteiger partial charge on any atom is -0.497 e. The minimum atomic E-state index is -0.000461. The quantitative estimate of drug-likeness (QED) is 0.218. The van der Waals surface area contributed by atoms with Gasteiger partial charge in [-0.3, -0.25) is 14.4 Å². The van der Waals surface area contributed by atoms with E-state index in [1.54, 1.807) is 7.11 Å². The van der Waals surface area contributed by atoms with Gasteiger partial charge in [0.15, 0.2) is 0 Å². The molecule has 0 aliphatic heterocycles. The van der Waals surface area contributed by atoms with Crippen molar-refractivity contribution in [3.63, 3.8) is 0 Å². The summed E-state index contributed by atoms with van der Waals surface area (Å²) in [7, 11) is 1.63. The number of anilines is 1. The van der Waals surface area contributed by atoms with Crippen molar-refractivity contribution in [2.24, 2.45) is 35.0 Å². The molecule has 286 valence electrons. The first kappa shape index (κ1) is 43.6. The van der Waals surface area contributed by atoms with Crippen LogP contribution in [0.15, 0.2) is 24.3 Å². The molecule has 4 aliphatic carbocycles. The van der Waals surface area contributed by atoms with Gasteiger partial charge in [0.25, 0.3) is 0 Å². The lowest BCUT2D eigenvalue weighted by molar-refractivity contribution is -0.167. The summed E-state index contributed by atoms with van der Waals surface area (Å²) in [6, 6.07) is 8.40. The molecule has 0 N–H and O–H groups in total. The van der Waals surface area contributed by atoms with Crippen LogP contribution in [0.4, 0.5) is 5.69 Å². The number of unbranched alkanes of at least 4 members (excludes halogenated alkanes) is 1. The maximum absolute atomic E-state index is 12.8. The van der Waals surface area contributed by atoms with Crippen LogP contribution in [0.25, 0.3) is 0 Å². The van der Waals surface area contributed by atoms with Crippen molar-refractivity contribution in [2.45, 2.75) is 172 Å². The topological polar surface area (TPSA) is 70.2 Å². The fourth-order valence-corrected chi connectivity index (χ4v) is 9.25. The Morgan fingerprint density at radius 2 is 1.22 bits per heavy atom. The Balaban J connectivity index is 0.000000267. The van der Waals surface area contributed by atoms with E-state index in [4.69, 9.17) is 4.74 Å². The Morgan fingerprint density at radius 1 is 0.720 bits per heavy atom. The van der Waals surface area contributed by atoms with E-state index in [2.05, 4.69) is 60.3 Å². The smallest absolute Gasteiger partial charge is 0.229 e. The third-order valence-corrected chi connectivity index (χ3v) is 10.8. The van der Waals surface area contributed by atoms with Gasteiger partial charge in [-0.05, 0) is 128 Å². The summed E-state index contributed by atoms with van der Waals surface area (Å²) >= 11 is 0. The van der Waals surface area contributed by atoms with Crippen LogP contribution in [0.3, 0.4) is 0 Å². The molecule has 2 unspecified atom stereocenters. The van der Waals surface area contributed by atoms with Gasteiger partial charge in [0.2, 0.25) is 17.7 Å². The van der Waals surface area contributed by atoms with Gasteiger partial charge < -0.3 is 19.4 Å². The van der Waals surface area contributed by atoms with E-state index >= 15 is 0 Å². The molecular weight excluding hydrogens is 622 g/mol. The molecule has 4 fully saturated rings. The molecule has 4 saturated carbocycles. The molecular formula is C43H75N3O4. The highest BCUT2D eigenvalue weighted by Gasteiger charge is 2.59. The fraction of sp³-hybridized carbons (Fsp3) is 0.791. The molecule has 4 aliphatic rings. The zero-order valence-corrected chi connectivity index (χ0v) is 34.8. The number of hydrogen-bond donors (Lipinski definition) is 0. The molecule has 1 aromatic carbocycles. The molecule has 7 heteroatoms. The lowest BCUT2D eigenvalue weighted by Gasteiger charge is -2.65. The van der Waals surface area contributed by atoms with Crippen LogP contribution in [0, 0.1) is 35.0 Å². The second-order valence-electron chi connectivity index (χ2n) is 17.7. The molecule has 1 aromatic rings. The first-order chi connectivity index (χ1) is 23.2. The summed E-state index contributed by atoms with van der Waals surface area (Å²) in [5, 5.41) is 0. The number of amides is 3. The number of benzene rings is 1. The second kappa shape index (κ2) is 18.8. The van der Waals surface area contributed by atoms with Crippen LogP contribution in [-0.2, 0) is 14.4 Å². The first-order valence-corrected chi connectivity index (χ1v) is 19.8. The highest BCUT2D eigenvalue weighted by Crippen LogP contribution is 2.63. The summed E-state index contributed by atoms with van der Waals surface area (Å²) in [6.07, 6.45) is 10.3. The van der Waals surface area contributed by atoms with E-state index in [0.29, 0.717) is 23.4 Å². The summed E-state index contributed by atoms with van der Waals surface area (Å²) in [6.45, 7) is 30.0. The Kier molecular flexibility index (Phi) is 16.4. The molecule has 7 nitrogen and oxygen atoms in total. The van der Waals surface area contributed by atoms with Gasteiger partial charge in [-0.25, -0.2) is 0 Å². The zero-order valence-electron chi connectivity index (χ0n) is 34.8. The van der Waals surface area contributed by atoms with Crippen LogP contribution in [0.1, 0.15) is 148 Å². The Labute approximate surface area is 307 Å². The molecule has 0 spiro atoms. The monoisotopic (exact) mass is 698 g/mol. The Hall–Kier alpha value is -2.57. The van der Waals surface area contributed by atoms with Gasteiger partial charge in [-0.2, -0.15) is 0 Å². The number of nitrogens with zero attached hydrogens (tertiary/aromatic N) is 3. The molecule has 5 rings (SSSR count). The van der Waals surface area contributed by atoms with Gasteiger partial charge >= 0.3 is 0 Å². The highest BCUT2D eigenvalue weighted by molar-refractivity contribution is 5.95. The first-order valence-electron chi connectivity index (χ1n) is 19.8. The molecule has 4 bridgehead atoms. The average Bonchev–Trinajstić information content (AvgIpc) is 3.00. The molecule has 2 atom stereocenters. The van der Waals surface area contributed by atoms with Gasteiger partial charge in [0, 0.05) is 53.7 Å². The van der Waals surface area contributed by atoms with Gasteiger partial charge in [-0.15, -0.1) is 0 Å². The largest absolute Gasteiger partial charge is 0.497 e. The van der Waals surface area contributed by atoms with E-state index in [0.717, 1.165) is 42.7 Å². The predicted octanol–water partition coefficient (Wildman–Crippen LogP) is 10.0. The lowest BCUT2D eigenvalue weighted by Crippen LogP contribution is -2.66. The van der Waals surface area contributed by atoms with Crippen molar-refractivity contribution in [2.75, 3.05) is 18.6 Å². The lowest BCUT2D eigenvalue weighted by atomic mass is 9.47. The number of hydrogen-bond acceptors (Lipinski definition) is 4. The fourth-order valence-electron chi connectivity index (χ4n) is 9.25. The average molecular weight is 698 g/mol. The maximum Gasteiger partial charge on any atom is 0.229 e. The summed E-state index contributed by atoms with van der Waals surface area (Å²) in [5.74, 6) is 3.61. The number of ether oxygens (including phenoxy) is 1. The Bertz CT molecular complexity index is 1210. The van der Waals surface area contributed by atoms with Crippen LogP contribution in [0.2, 0.25) is 0 Å². The summed E-state index contributed by atoms with van der Waals surface area (Å²) < 4.78 is 5.11. The molecule has 0 heterocycles. The SMILES string of the molecule is CC(C)C(=O)N(C(C)C)C12CC3CC(CC(C)(C3)C1)C2.CCCCN(C(=O)C(C)C)C(C)C.COc1ccc(N(C(=O)C(C)C)C(C)C)cc1. The van der Waals surface area contributed by atoms with E-state index in [-0.39, 0.29) is 41.1 Å². The van der Waals surface area contributed by atoms with Crippen molar-refractivity contribution in [3.8, 4) is 5.75 Å². The van der Waals surface area contributed by atoms with Crippen LogP contribution in [0.5, 0.6) is 5.75 Å². The predicted molar refractivity (Wildman–Crippen MR) is 209 cm³/mol. The summed E-state index contributed by atoms with van der Waals surface area (Å²) in [4.78, 5) is 42.8. The van der Waals surface area contributed by atoms with Gasteiger partial charge in [-0.1, -0.05) is 61.8 Å². The van der Waals surface area contributed by atoms with Crippen molar-refractivity contribution in [3.05, 3.63) is 24.3 Å². The third kappa shape index (κ3) is 11.2. The molecule has 3 amide bonds. The zero-order chi connectivity index (χ0) is 38.1.